The van der Waals surface area contributed by atoms with Crippen molar-refractivity contribution in [3.05, 3.63) is 64.2 Å². The molecule has 2 aromatic rings. The highest BCUT2D eigenvalue weighted by Gasteiger charge is 2.08. The number of hydrogen-bond donors (Lipinski definition) is 1. The van der Waals surface area contributed by atoms with Crippen molar-refractivity contribution in [3.63, 3.8) is 0 Å². The number of aryl methyl sites for hydroxylation is 2. The van der Waals surface area contributed by atoms with E-state index in [0.29, 0.717) is 11.6 Å². The normalized spacial score (nSPS) is 10.8. The first-order valence-electron chi connectivity index (χ1n) is 7.24. The lowest BCUT2D eigenvalue weighted by atomic mass is 10.1. The maximum absolute atomic E-state index is 12.1. The van der Waals surface area contributed by atoms with E-state index in [0.717, 1.165) is 17.8 Å². The Balaban J connectivity index is 1.88. The number of rotatable bonds is 5. The zero-order chi connectivity index (χ0) is 16.1. The standard InChI is InChI=1S/C18H21ClN2O/c1-13-4-7-15(8-5-13)11-21(3)12-18(22)20-16-9-6-14(2)17(19)10-16/h4-10H,11-12H2,1-3H3,(H,20,22). The minimum absolute atomic E-state index is 0.0467. The maximum Gasteiger partial charge on any atom is 0.238 e. The minimum Gasteiger partial charge on any atom is -0.325 e. The van der Waals surface area contributed by atoms with E-state index in [1.165, 1.54) is 11.1 Å². The van der Waals surface area contributed by atoms with Crippen LogP contribution in [0.25, 0.3) is 0 Å². The van der Waals surface area contributed by atoms with Crippen LogP contribution < -0.4 is 5.32 Å². The molecule has 0 aliphatic rings. The zero-order valence-corrected chi connectivity index (χ0v) is 13.9. The zero-order valence-electron chi connectivity index (χ0n) is 13.2. The molecule has 0 spiro atoms. The quantitative estimate of drug-likeness (QED) is 0.903. The molecule has 0 bridgehead atoms. The fourth-order valence-corrected chi connectivity index (χ4v) is 2.36. The van der Waals surface area contributed by atoms with Crippen molar-refractivity contribution in [1.82, 2.24) is 4.90 Å². The second-order valence-corrected chi connectivity index (χ2v) is 6.08. The first-order chi connectivity index (χ1) is 10.4. The van der Waals surface area contributed by atoms with E-state index in [9.17, 15) is 4.79 Å². The highest BCUT2D eigenvalue weighted by molar-refractivity contribution is 6.31. The molecule has 0 heterocycles. The first kappa shape index (κ1) is 16.5. The summed E-state index contributed by atoms with van der Waals surface area (Å²) < 4.78 is 0. The van der Waals surface area contributed by atoms with Crippen molar-refractivity contribution in [2.45, 2.75) is 20.4 Å². The van der Waals surface area contributed by atoms with Gasteiger partial charge in [0, 0.05) is 17.3 Å². The van der Waals surface area contributed by atoms with Gasteiger partial charge in [-0.25, -0.2) is 0 Å². The summed E-state index contributed by atoms with van der Waals surface area (Å²) in [5.74, 6) is -0.0467. The third-order valence-corrected chi connectivity index (χ3v) is 3.85. The molecule has 0 aromatic heterocycles. The number of nitrogens with one attached hydrogen (secondary N) is 1. The predicted octanol–water partition coefficient (Wildman–Crippen LogP) is 4.03. The van der Waals surface area contributed by atoms with Crippen LogP contribution in [-0.2, 0) is 11.3 Å². The van der Waals surface area contributed by atoms with Crippen LogP contribution in [0.5, 0.6) is 0 Å². The van der Waals surface area contributed by atoms with Crippen molar-refractivity contribution in [2.75, 3.05) is 18.9 Å². The summed E-state index contributed by atoms with van der Waals surface area (Å²) in [6.45, 7) is 5.07. The molecule has 22 heavy (non-hydrogen) atoms. The van der Waals surface area contributed by atoms with E-state index in [2.05, 4.69) is 36.5 Å². The lowest BCUT2D eigenvalue weighted by Gasteiger charge is -2.16. The average molecular weight is 317 g/mol. The van der Waals surface area contributed by atoms with E-state index in [4.69, 9.17) is 11.6 Å². The molecule has 0 aliphatic heterocycles. The Kier molecular flexibility index (Phi) is 5.58. The number of anilines is 1. The van der Waals surface area contributed by atoms with Crippen molar-refractivity contribution in [1.29, 1.82) is 0 Å². The van der Waals surface area contributed by atoms with E-state index >= 15 is 0 Å². The average Bonchev–Trinajstić information content (AvgIpc) is 2.45. The van der Waals surface area contributed by atoms with E-state index in [1.807, 2.05) is 31.0 Å². The summed E-state index contributed by atoms with van der Waals surface area (Å²) in [5.41, 5.74) is 4.15. The Morgan fingerprint density at radius 2 is 1.82 bits per heavy atom. The second kappa shape index (κ2) is 7.43. The van der Waals surface area contributed by atoms with Gasteiger partial charge in [-0.05, 0) is 44.2 Å². The largest absolute Gasteiger partial charge is 0.325 e. The molecule has 0 atom stereocenters. The molecule has 0 saturated heterocycles. The minimum atomic E-state index is -0.0467. The summed E-state index contributed by atoms with van der Waals surface area (Å²) in [7, 11) is 1.93. The SMILES string of the molecule is Cc1ccc(CN(C)CC(=O)Nc2ccc(C)c(Cl)c2)cc1. The number of nitrogens with zero attached hydrogens (tertiary/aromatic N) is 1. The number of hydrogen-bond acceptors (Lipinski definition) is 2. The van der Waals surface area contributed by atoms with Gasteiger partial charge in [0.1, 0.15) is 0 Å². The third-order valence-electron chi connectivity index (χ3n) is 3.44. The van der Waals surface area contributed by atoms with Crippen LogP contribution in [0.15, 0.2) is 42.5 Å². The van der Waals surface area contributed by atoms with Crippen LogP contribution >= 0.6 is 11.6 Å². The molecule has 1 N–H and O–H groups in total. The molecule has 0 saturated carbocycles. The van der Waals surface area contributed by atoms with E-state index in [1.54, 1.807) is 6.07 Å². The van der Waals surface area contributed by atoms with Gasteiger partial charge in [0.05, 0.1) is 6.54 Å². The molecule has 2 rings (SSSR count). The summed E-state index contributed by atoms with van der Waals surface area (Å²) in [5, 5.41) is 3.53. The number of amides is 1. The third kappa shape index (κ3) is 4.86. The van der Waals surface area contributed by atoms with Gasteiger partial charge in [0.2, 0.25) is 5.91 Å². The van der Waals surface area contributed by atoms with Gasteiger partial charge in [-0.2, -0.15) is 0 Å². The molecule has 0 fully saturated rings. The molecule has 0 aliphatic carbocycles. The molecule has 4 heteroatoms. The van der Waals surface area contributed by atoms with Gasteiger partial charge in [-0.15, -0.1) is 0 Å². The van der Waals surface area contributed by atoms with Gasteiger partial charge in [0.25, 0.3) is 0 Å². The Morgan fingerprint density at radius 1 is 1.14 bits per heavy atom. The van der Waals surface area contributed by atoms with Crippen molar-refractivity contribution >= 4 is 23.2 Å². The molecule has 116 valence electrons. The molecule has 2 aromatic carbocycles. The van der Waals surface area contributed by atoms with Crippen LogP contribution in [0.4, 0.5) is 5.69 Å². The lowest BCUT2D eigenvalue weighted by Crippen LogP contribution is -2.29. The van der Waals surface area contributed by atoms with E-state index in [-0.39, 0.29) is 5.91 Å². The highest BCUT2D eigenvalue weighted by atomic mass is 35.5. The second-order valence-electron chi connectivity index (χ2n) is 5.67. The topological polar surface area (TPSA) is 32.3 Å². The molecular weight excluding hydrogens is 296 g/mol. The Labute approximate surface area is 136 Å². The van der Waals surface area contributed by atoms with Crippen LogP contribution in [0.3, 0.4) is 0 Å². The molecular formula is C18H21ClN2O. The molecule has 0 radical (unpaired) electrons. The van der Waals surface area contributed by atoms with Crippen molar-refractivity contribution in [3.8, 4) is 0 Å². The summed E-state index contributed by atoms with van der Waals surface area (Å²) in [6, 6.07) is 13.9. The Hall–Kier alpha value is -1.84. The van der Waals surface area contributed by atoms with E-state index < -0.39 is 0 Å². The first-order valence-corrected chi connectivity index (χ1v) is 7.62. The fraction of sp³-hybridized carbons (Fsp3) is 0.278. The number of likely N-dealkylation sites (N-methyl/N-ethyl adjacent to an activating group) is 1. The van der Waals surface area contributed by atoms with Crippen molar-refractivity contribution < 1.29 is 4.79 Å². The lowest BCUT2D eigenvalue weighted by molar-refractivity contribution is -0.117. The summed E-state index contributed by atoms with van der Waals surface area (Å²) in [4.78, 5) is 14.0. The van der Waals surface area contributed by atoms with Crippen LogP contribution in [0.1, 0.15) is 16.7 Å². The van der Waals surface area contributed by atoms with Gasteiger partial charge < -0.3 is 5.32 Å². The van der Waals surface area contributed by atoms with Crippen LogP contribution in [0.2, 0.25) is 5.02 Å². The fourth-order valence-electron chi connectivity index (χ4n) is 2.18. The van der Waals surface area contributed by atoms with Crippen LogP contribution in [-0.4, -0.2) is 24.4 Å². The van der Waals surface area contributed by atoms with Gasteiger partial charge >= 0.3 is 0 Å². The number of benzene rings is 2. The van der Waals surface area contributed by atoms with Gasteiger partial charge in [0.15, 0.2) is 0 Å². The highest BCUT2D eigenvalue weighted by Crippen LogP contribution is 2.19. The van der Waals surface area contributed by atoms with Gasteiger partial charge in [-0.3, -0.25) is 9.69 Å². The molecule has 1 amide bonds. The monoisotopic (exact) mass is 316 g/mol. The van der Waals surface area contributed by atoms with Gasteiger partial charge in [-0.1, -0.05) is 47.5 Å². The van der Waals surface area contributed by atoms with Crippen molar-refractivity contribution in [2.24, 2.45) is 0 Å². The van der Waals surface area contributed by atoms with Crippen LogP contribution in [0, 0.1) is 13.8 Å². The Morgan fingerprint density at radius 3 is 2.45 bits per heavy atom. The molecule has 3 nitrogen and oxygen atoms in total. The predicted molar refractivity (Wildman–Crippen MR) is 92.3 cm³/mol. The number of halogens is 1. The summed E-state index contributed by atoms with van der Waals surface area (Å²) in [6.07, 6.45) is 0. The molecule has 0 unspecified atom stereocenters. The smallest absolute Gasteiger partial charge is 0.238 e. The number of carbonyl (C=O) groups excluding carboxylic acids is 1. The maximum atomic E-state index is 12.1. The summed E-state index contributed by atoms with van der Waals surface area (Å²) >= 11 is 6.06. The Bertz CT molecular complexity index is 653. The number of carbonyl (C=O) groups is 1.